The molecule has 4 heteroatoms. The van der Waals surface area contributed by atoms with E-state index in [9.17, 15) is 5.11 Å². The van der Waals surface area contributed by atoms with Crippen molar-refractivity contribution in [1.82, 2.24) is 9.97 Å². The quantitative estimate of drug-likeness (QED) is 0.765. The lowest BCUT2D eigenvalue weighted by Crippen LogP contribution is -2.07. The van der Waals surface area contributed by atoms with Gasteiger partial charge in [-0.15, -0.1) is 0 Å². The Kier molecular flexibility index (Phi) is 2.04. The van der Waals surface area contributed by atoms with Gasteiger partial charge in [0.1, 0.15) is 11.3 Å². The van der Waals surface area contributed by atoms with Crippen molar-refractivity contribution >= 4 is 10.9 Å². The molecule has 74 valence electrons. The molecule has 14 heavy (non-hydrogen) atoms. The van der Waals surface area contributed by atoms with Gasteiger partial charge in [-0.1, -0.05) is 0 Å². The average Bonchev–Trinajstić information content (AvgIpc) is 2.49. The lowest BCUT2D eigenvalue weighted by Gasteiger charge is -2.08. The Hall–Kier alpha value is -1.71. The van der Waals surface area contributed by atoms with Gasteiger partial charge in [-0.05, 0) is 19.9 Å². The zero-order valence-electron chi connectivity index (χ0n) is 8.11. The molecule has 0 radical (unpaired) electrons. The largest absolute Gasteiger partial charge is 0.506 e. The Labute approximate surface area is 81.5 Å². The van der Waals surface area contributed by atoms with Crippen molar-refractivity contribution in [3.05, 3.63) is 18.5 Å². The lowest BCUT2D eigenvalue weighted by atomic mass is 10.3. The monoisotopic (exact) mass is 192 g/mol. The number of pyridine rings is 1. The van der Waals surface area contributed by atoms with Crippen LogP contribution in [0.1, 0.15) is 13.8 Å². The normalized spacial score (nSPS) is 11.1. The number of aromatic amines is 1. The molecular weight excluding hydrogens is 180 g/mol. The molecule has 0 unspecified atom stereocenters. The second-order valence-electron chi connectivity index (χ2n) is 3.38. The van der Waals surface area contributed by atoms with E-state index in [0.717, 1.165) is 10.9 Å². The molecule has 0 atom stereocenters. The summed E-state index contributed by atoms with van der Waals surface area (Å²) >= 11 is 0. The van der Waals surface area contributed by atoms with Crippen LogP contribution in [-0.2, 0) is 0 Å². The van der Waals surface area contributed by atoms with E-state index in [1.807, 2.05) is 13.8 Å². The van der Waals surface area contributed by atoms with Gasteiger partial charge in [0.15, 0.2) is 0 Å². The first-order valence-corrected chi connectivity index (χ1v) is 4.50. The van der Waals surface area contributed by atoms with Gasteiger partial charge in [-0.3, -0.25) is 0 Å². The number of fused-ring (bicyclic) bond motifs is 1. The van der Waals surface area contributed by atoms with E-state index in [-0.39, 0.29) is 11.9 Å². The SMILES string of the molecule is CC(C)Oc1nccc2c(O)c[nH]c12. The first-order chi connectivity index (χ1) is 6.68. The van der Waals surface area contributed by atoms with Crippen LogP contribution in [0, 0.1) is 0 Å². The molecule has 0 aliphatic heterocycles. The molecule has 0 aromatic carbocycles. The van der Waals surface area contributed by atoms with Crippen molar-refractivity contribution in [1.29, 1.82) is 0 Å². The predicted molar refractivity (Wildman–Crippen MR) is 53.5 cm³/mol. The molecule has 0 saturated carbocycles. The molecule has 0 amide bonds. The highest BCUT2D eigenvalue weighted by molar-refractivity contribution is 5.88. The van der Waals surface area contributed by atoms with Crippen LogP contribution in [0.3, 0.4) is 0 Å². The molecule has 2 aromatic heterocycles. The molecule has 0 saturated heterocycles. The van der Waals surface area contributed by atoms with Gasteiger partial charge in [-0.25, -0.2) is 4.98 Å². The fourth-order valence-corrected chi connectivity index (χ4v) is 1.33. The van der Waals surface area contributed by atoms with Gasteiger partial charge >= 0.3 is 0 Å². The van der Waals surface area contributed by atoms with Gasteiger partial charge < -0.3 is 14.8 Å². The number of rotatable bonds is 2. The summed E-state index contributed by atoms with van der Waals surface area (Å²) in [6.07, 6.45) is 3.21. The van der Waals surface area contributed by atoms with Crippen LogP contribution < -0.4 is 4.74 Å². The summed E-state index contributed by atoms with van der Waals surface area (Å²) in [5.41, 5.74) is 0.735. The smallest absolute Gasteiger partial charge is 0.238 e. The summed E-state index contributed by atoms with van der Waals surface area (Å²) < 4.78 is 5.49. The first kappa shape index (κ1) is 8.87. The van der Waals surface area contributed by atoms with E-state index in [4.69, 9.17) is 4.74 Å². The number of nitrogens with one attached hydrogen (secondary N) is 1. The van der Waals surface area contributed by atoms with Gasteiger partial charge in [-0.2, -0.15) is 0 Å². The lowest BCUT2D eigenvalue weighted by molar-refractivity contribution is 0.235. The van der Waals surface area contributed by atoms with Crippen molar-refractivity contribution in [3.8, 4) is 11.6 Å². The van der Waals surface area contributed by atoms with Gasteiger partial charge in [0.25, 0.3) is 0 Å². The standard InChI is InChI=1S/C10H12N2O2/c1-6(2)14-10-9-7(3-4-11-10)8(13)5-12-9/h3-6,12-13H,1-2H3. The van der Waals surface area contributed by atoms with E-state index in [1.54, 1.807) is 12.3 Å². The van der Waals surface area contributed by atoms with Crippen LogP contribution in [0.2, 0.25) is 0 Å². The summed E-state index contributed by atoms with van der Waals surface area (Å²) in [4.78, 5) is 7.02. The molecular formula is C10H12N2O2. The molecule has 4 nitrogen and oxygen atoms in total. The maximum absolute atomic E-state index is 9.46. The van der Waals surface area contributed by atoms with Gasteiger partial charge in [0.05, 0.1) is 6.10 Å². The van der Waals surface area contributed by atoms with Crippen LogP contribution >= 0.6 is 0 Å². The molecule has 0 fully saturated rings. The van der Waals surface area contributed by atoms with Gasteiger partial charge in [0, 0.05) is 17.8 Å². The van der Waals surface area contributed by atoms with Crippen LogP contribution in [0.25, 0.3) is 10.9 Å². The fraction of sp³-hybridized carbons (Fsp3) is 0.300. The molecule has 0 bridgehead atoms. The van der Waals surface area contributed by atoms with Crippen molar-refractivity contribution in [2.45, 2.75) is 20.0 Å². The van der Waals surface area contributed by atoms with Crippen molar-refractivity contribution < 1.29 is 9.84 Å². The summed E-state index contributed by atoms with van der Waals surface area (Å²) in [7, 11) is 0. The third-order valence-corrected chi connectivity index (χ3v) is 1.89. The number of nitrogens with zero attached hydrogens (tertiary/aromatic N) is 1. The molecule has 2 aromatic rings. The van der Waals surface area contributed by atoms with Crippen LogP contribution in [0.5, 0.6) is 11.6 Å². The number of hydrogen-bond donors (Lipinski definition) is 2. The molecule has 0 aliphatic rings. The Bertz CT molecular complexity index is 448. The third-order valence-electron chi connectivity index (χ3n) is 1.89. The third kappa shape index (κ3) is 1.39. The minimum absolute atomic E-state index is 0.0681. The molecule has 2 N–H and O–H groups in total. The van der Waals surface area contributed by atoms with Crippen LogP contribution in [0.4, 0.5) is 0 Å². The summed E-state index contributed by atoms with van der Waals surface area (Å²) in [5, 5.41) is 10.2. The topological polar surface area (TPSA) is 58.1 Å². The number of hydrogen-bond acceptors (Lipinski definition) is 3. The minimum Gasteiger partial charge on any atom is -0.506 e. The van der Waals surface area contributed by atoms with E-state index in [2.05, 4.69) is 9.97 Å². The minimum atomic E-state index is 0.0681. The van der Waals surface area contributed by atoms with Crippen molar-refractivity contribution in [2.24, 2.45) is 0 Å². The highest BCUT2D eigenvalue weighted by Gasteiger charge is 2.09. The maximum Gasteiger partial charge on any atom is 0.238 e. The molecule has 2 heterocycles. The summed E-state index contributed by atoms with van der Waals surface area (Å²) in [6, 6.07) is 1.74. The average molecular weight is 192 g/mol. The van der Waals surface area contributed by atoms with E-state index < -0.39 is 0 Å². The highest BCUT2D eigenvalue weighted by atomic mass is 16.5. The van der Waals surface area contributed by atoms with Gasteiger partial charge in [0.2, 0.25) is 5.88 Å². The second kappa shape index (κ2) is 3.21. The van der Waals surface area contributed by atoms with Crippen molar-refractivity contribution in [3.63, 3.8) is 0 Å². The zero-order chi connectivity index (χ0) is 10.1. The number of ether oxygens (including phenoxy) is 1. The predicted octanol–water partition coefficient (Wildman–Crippen LogP) is 2.06. The number of aromatic hydroxyl groups is 1. The number of aromatic nitrogens is 2. The van der Waals surface area contributed by atoms with E-state index in [1.165, 1.54) is 6.20 Å². The Balaban J connectivity index is 2.54. The highest BCUT2D eigenvalue weighted by Crippen LogP contribution is 2.29. The van der Waals surface area contributed by atoms with Crippen molar-refractivity contribution in [2.75, 3.05) is 0 Å². The summed E-state index contributed by atoms with van der Waals surface area (Å²) in [6.45, 7) is 3.87. The zero-order valence-corrected chi connectivity index (χ0v) is 8.11. The van der Waals surface area contributed by atoms with E-state index in [0.29, 0.717) is 5.88 Å². The summed E-state index contributed by atoms with van der Waals surface area (Å²) in [5.74, 6) is 0.744. The Morgan fingerprint density at radius 1 is 1.50 bits per heavy atom. The molecule has 0 aliphatic carbocycles. The maximum atomic E-state index is 9.46. The molecule has 2 rings (SSSR count). The van der Waals surface area contributed by atoms with E-state index >= 15 is 0 Å². The Morgan fingerprint density at radius 2 is 2.29 bits per heavy atom. The van der Waals surface area contributed by atoms with Crippen LogP contribution in [-0.4, -0.2) is 21.2 Å². The number of H-pyrrole nitrogens is 1. The van der Waals surface area contributed by atoms with Crippen LogP contribution in [0.15, 0.2) is 18.5 Å². The first-order valence-electron chi connectivity index (χ1n) is 4.50. The second-order valence-corrected chi connectivity index (χ2v) is 3.38. The Morgan fingerprint density at radius 3 is 3.00 bits per heavy atom. The molecule has 0 spiro atoms. The fourth-order valence-electron chi connectivity index (χ4n) is 1.33.